The second-order valence-corrected chi connectivity index (χ2v) is 3.67. The van der Waals surface area contributed by atoms with E-state index < -0.39 is 0 Å². The van der Waals surface area contributed by atoms with Crippen LogP contribution in [0.15, 0.2) is 22.6 Å². The lowest BCUT2D eigenvalue weighted by Gasteiger charge is -1.94. The van der Waals surface area contributed by atoms with Crippen molar-refractivity contribution in [1.82, 2.24) is 15.2 Å². The Balaban J connectivity index is 1.91. The van der Waals surface area contributed by atoms with E-state index in [4.69, 9.17) is 9.15 Å². The zero-order valence-corrected chi connectivity index (χ0v) is 10.6. The van der Waals surface area contributed by atoms with Gasteiger partial charge in [-0.15, -0.1) is 5.10 Å². The first-order chi connectivity index (χ1) is 9.17. The molecule has 0 saturated heterocycles. The SMILES string of the molecule is CCOc1n[nH]c(NC(=O)/C=C/c2ccc(C)o2)n1. The Morgan fingerprint density at radius 1 is 1.58 bits per heavy atom. The molecule has 0 aliphatic carbocycles. The summed E-state index contributed by atoms with van der Waals surface area (Å²) in [5.74, 6) is 1.29. The number of carbonyl (C=O) groups is 1. The zero-order chi connectivity index (χ0) is 13.7. The molecule has 2 aromatic heterocycles. The lowest BCUT2D eigenvalue weighted by molar-refractivity contribution is -0.111. The Kier molecular flexibility index (Phi) is 3.97. The fraction of sp³-hybridized carbons (Fsp3) is 0.250. The van der Waals surface area contributed by atoms with Crippen LogP contribution in [-0.4, -0.2) is 27.7 Å². The molecule has 0 bridgehead atoms. The number of aromatic nitrogens is 3. The maximum atomic E-state index is 11.6. The van der Waals surface area contributed by atoms with Gasteiger partial charge in [0, 0.05) is 6.08 Å². The van der Waals surface area contributed by atoms with Crippen molar-refractivity contribution >= 4 is 17.9 Å². The first-order valence-electron chi connectivity index (χ1n) is 5.78. The largest absolute Gasteiger partial charge is 0.463 e. The predicted molar refractivity (Wildman–Crippen MR) is 68.7 cm³/mol. The molecule has 2 N–H and O–H groups in total. The Hall–Kier alpha value is -2.57. The first kappa shape index (κ1) is 12.9. The van der Waals surface area contributed by atoms with Gasteiger partial charge in [0.15, 0.2) is 0 Å². The van der Waals surface area contributed by atoms with Gasteiger partial charge in [0.25, 0.3) is 5.91 Å². The van der Waals surface area contributed by atoms with Crippen LogP contribution in [0.5, 0.6) is 6.01 Å². The number of furan rings is 1. The molecular formula is C12H14N4O3. The van der Waals surface area contributed by atoms with Crippen LogP contribution in [0.25, 0.3) is 6.08 Å². The number of amides is 1. The van der Waals surface area contributed by atoms with E-state index in [1.165, 1.54) is 6.08 Å². The third-order valence-corrected chi connectivity index (χ3v) is 2.14. The number of rotatable bonds is 5. The fourth-order valence-corrected chi connectivity index (χ4v) is 1.36. The van der Waals surface area contributed by atoms with Crippen LogP contribution in [0, 0.1) is 6.92 Å². The van der Waals surface area contributed by atoms with Crippen LogP contribution in [0.4, 0.5) is 5.95 Å². The molecule has 0 aromatic carbocycles. The van der Waals surface area contributed by atoms with Gasteiger partial charge in [-0.3, -0.25) is 10.1 Å². The monoisotopic (exact) mass is 262 g/mol. The summed E-state index contributed by atoms with van der Waals surface area (Å²) in [6.45, 7) is 4.12. The van der Waals surface area contributed by atoms with Crippen molar-refractivity contribution < 1.29 is 13.9 Å². The van der Waals surface area contributed by atoms with Crippen LogP contribution in [0.3, 0.4) is 0 Å². The van der Waals surface area contributed by atoms with Crippen molar-refractivity contribution in [3.63, 3.8) is 0 Å². The maximum Gasteiger partial charge on any atom is 0.337 e. The van der Waals surface area contributed by atoms with E-state index in [1.807, 2.05) is 19.9 Å². The quantitative estimate of drug-likeness (QED) is 0.801. The Morgan fingerprint density at radius 3 is 3.11 bits per heavy atom. The van der Waals surface area contributed by atoms with Crippen molar-refractivity contribution in [3.8, 4) is 6.01 Å². The second kappa shape index (κ2) is 5.85. The van der Waals surface area contributed by atoms with Gasteiger partial charge in [-0.1, -0.05) is 0 Å². The Bertz CT molecular complexity index is 585. The average Bonchev–Trinajstić information content (AvgIpc) is 2.97. The van der Waals surface area contributed by atoms with E-state index in [0.29, 0.717) is 12.4 Å². The minimum atomic E-state index is -0.340. The molecule has 100 valence electrons. The van der Waals surface area contributed by atoms with E-state index in [9.17, 15) is 4.79 Å². The number of H-pyrrole nitrogens is 1. The molecule has 7 heteroatoms. The van der Waals surface area contributed by atoms with Gasteiger partial charge >= 0.3 is 6.01 Å². The normalized spacial score (nSPS) is 10.8. The summed E-state index contributed by atoms with van der Waals surface area (Å²) in [4.78, 5) is 15.5. The number of nitrogens with one attached hydrogen (secondary N) is 2. The highest BCUT2D eigenvalue weighted by Crippen LogP contribution is 2.09. The summed E-state index contributed by atoms with van der Waals surface area (Å²) in [6.07, 6.45) is 2.92. The van der Waals surface area contributed by atoms with Gasteiger partial charge in [-0.05, 0) is 32.1 Å². The minimum Gasteiger partial charge on any atom is -0.463 e. The summed E-state index contributed by atoms with van der Waals surface area (Å²) >= 11 is 0. The van der Waals surface area contributed by atoms with Crippen LogP contribution >= 0.6 is 0 Å². The van der Waals surface area contributed by atoms with Gasteiger partial charge < -0.3 is 9.15 Å². The van der Waals surface area contributed by atoms with Gasteiger partial charge in [-0.2, -0.15) is 4.98 Å². The second-order valence-electron chi connectivity index (χ2n) is 3.67. The van der Waals surface area contributed by atoms with E-state index >= 15 is 0 Å². The van der Waals surface area contributed by atoms with Crippen LogP contribution in [0.2, 0.25) is 0 Å². The van der Waals surface area contributed by atoms with E-state index in [0.717, 1.165) is 5.76 Å². The fourth-order valence-electron chi connectivity index (χ4n) is 1.36. The van der Waals surface area contributed by atoms with Gasteiger partial charge in [0.05, 0.1) is 6.61 Å². The average molecular weight is 262 g/mol. The molecule has 0 radical (unpaired) electrons. The van der Waals surface area contributed by atoms with Gasteiger partial charge in [0.2, 0.25) is 5.95 Å². The molecule has 1 amide bonds. The number of ether oxygens (including phenoxy) is 1. The number of carbonyl (C=O) groups excluding carboxylic acids is 1. The molecule has 2 rings (SSSR count). The van der Waals surface area contributed by atoms with Gasteiger partial charge in [0.1, 0.15) is 11.5 Å². The van der Waals surface area contributed by atoms with Crippen LogP contribution in [0.1, 0.15) is 18.4 Å². The van der Waals surface area contributed by atoms with E-state index in [1.54, 1.807) is 12.1 Å². The molecule has 0 aliphatic heterocycles. The molecule has 0 atom stereocenters. The minimum absolute atomic E-state index is 0.198. The highest BCUT2D eigenvalue weighted by atomic mass is 16.5. The third kappa shape index (κ3) is 3.70. The lowest BCUT2D eigenvalue weighted by Crippen LogP contribution is -2.09. The standard InChI is InChI=1S/C12H14N4O3/c1-3-18-12-14-11(15-16-12)13-10(17)7-6-9-5-4-8(2)19-9/h4-7H,3H2,1-2H3,(H2,13,14,15,16,17)/b7-6+. The van der Waals surface area contributed by atoms with Crippen molar-refractivity contribution in [1.29, 1.82) is 0 Å². The van der Waals surface area contributed by atoms with Crippen LogP contribution in [-0.2, 0) is 4.79 Å². The molecule has 2 heterocycles. The number of hydrogen-bond acceptors (Lipinski definition) is 5. The molecule has 0 spiro atoms. The van der Waals surface area contributed by atoms with E-state index in [-0.39, 0.29) is 17.9 Å². The smallest absolute Gasteiger partial charge is 0.337 e. The summed E-state index contributed by atoms with van der Waals surface area (Å²) in [5, 5.41) is 8.83. The molecule has 0 unspecified atom stereocenters. The van der Waals surface area contributed by atoms with Gasteiger partial charge in [-0.25, -0.2) is 5.10 Å². The highest BCUT2D eigenvalue weighted by molar-refractivity contribution is 6.00. The van der Waals surface area contributed by atoms with Crippen molar-refractivity contribution in [2.45, 2.75) is 13.8 Å². The third-order valence-electron chi connectivity index (χ3n) is 2.14. The number of hydrogen-bond donors (Lipinski definition) is 2. The summed E-state index contributed by atoms with van der Waals surface area (Å²) in [5.41, 5.74) is 0. The molecule has 0 saturated carbocycles. The number of aryl methyl sites for hydroxylation is 1. The van der Waals surface area contributed by atoms with Crippen molar-refractivity contribution in [3.05, 3.63) is 29.7 Å². The topological polar surface area (TPSA) is 93.0 Å². The number of anilines is 1. The Morgan fingerprint density at radius 2 is 2.42 bits per heavy atom. The van der Waals surface area contributed by atoms with Crippen molar-refractivity contribution in [2.24, 2.45) is 0 Å². The Labute approximate surface area is 109 Å². The predicted octanol–water partition coefficient (Wildman–Crippen LogP) is 1.76. The van der Waals surface area contributed by atoms with Crippen LogP contribution < -0.4 is 10.1 Å². The molecule has 19 heavy (non-hydrogen) atoms. The molecular weight excluding hydrogens is 248 g/mol. The number of nitrogens with zero attached hydrogens (tertiary/aromatic N) is 2. The summed E-state index contributed by atoms with van der Waals surface area (Å²) in [7, 11) is 0. The highest BCUT2D eigenvalue weighted by Gasteiger charge is 2.05. The molecule has 0 aliphatic rings. The first-order valence-corrected chi connectivity index (χ1v) is 5.78. The number of aromatic amines is 1. The molecule has 7 nitrogen and oxygen atoms in total. The lowest BCUT2D eigenvalue weighted by atomic mass is 10.4. The molecule has 2 aromatic rings. The van der Waals surface area contributed by atoms with Crippen molar-refractivity contribution in [2.75, 3.05) is 11.9 Å². The summed E-state index contributed by atoms with van der Waals surface area (Å²) in [6, 6.07) is 3.80. The summed E-state index contributed by atoms with van der Waals surface area (Å²) < 4.78 is 10.4. The molecule has 0 fully saturated rings. The maximum absolute atomic E-state index is 11.6. The zero-order valence-electron chi connectivity index (χ0n) is 10.6. The van der Waals surface area contributed by atoms with E-state index in [2.05, 4.69) is 20.5 Å².